The molecular formula is C34H37FN4O4. The van der Waals surface area contributed by atoms with Gasteiger partial charge in [0.15, 0.2) is 0 Å². The number of aldehydes is 1. The van der Waals surface area contributed by atoms with Gasteiger partial charge in [0.25, 0.3) is 0 Å². The summed E-state index contributed by atoms with van der Waals surface area (Å²) in [6.07, 6.45) is 2.74. The van der Waals surface area contributed by atoms with Gasteiger partial charge in [-0.3, -0.25) is 4.79 Å². The number of aryl methyl sites for hydroxylation is 2. The first-order valence-electron chi connectivity index (χ1n) is 13.3. The molecule has 0 aliphatic carbocycles. The molecule has 1 unspecified atom stereocenters. The van der Waals surface area contributed by atoms with Crippen LogP contribution in [0.15, 0.2) is 102 Å². The number of halogens is 1. The second kappa shape index (κ2) is 16.8. The van der Waals surface area contributed by atoms with E-state index in [1.165, 1.54) is 19.1 Å². The molecule has 8 nitrogen and oxygen atoms in total. The molecule has 2 N–H and O–H groups in total. The van der Waals surface area contributed by atoms with Gasteiger partial charge in [0, 0.05) is 18.9 Å². The Morgan fingerprint density at radius 1 is 0.977 bits per heavy atom. The van der Waals surface area contributed by atoms with Crippen molar-refractivity contribution >= 4 is 30.4 Å². The number of pyridine rings is 1. The maximum atomic E-state index is 13.2. The zero-order valence-corrected chi connectivity index (χ0v) is 25.1. The van der Waals surface area contributed by atoms with Crippen molar-refractivity contribution in [3.8, 4) is 16.9 Å². The van der Waals surface area contributed by atoms with E-state index < -0.39 is 5.92 Å². The minimum atomic E-state index is -0.401. The van der Waals surface area contributed by atoms with E-state index in [2.05, 4.69) is 22.2 Å². The number of nitrogens with zero attached hydrogens (tertiary/aromatic N) is 2. The van der Waals surface area contributed by atoms with Crippen molar-refractivity contribution in [1.29, 1.82) is 0 Å². The number of carbonyl (C=O) groups is 3. The van der Waals surface area contributed by atoms with Crippen LogP contribution in [0.1, 0.15) is 30.9 Å². The van der Waals surface area contributed by atoms with Gasteiger partial charge in [0.2, 0.25) is 5.91 Å². The van der Waals surface area contributed by atoms with E-state index in [4.69, 9.17) is 14.3 Å². The molecule has 4 aromatic rings. The quantitative estimate of drug-likeness (QED) is 0.234. The number of hydrogen-bond acceptors (Lipinski definition) is 6. The van der Waals surface area contributed by atoms with Gasteiger partial charge in [-0.15, -0.1) is 0 Å². The number of anilines is 2. The van der Waals surface area contributed by atoms with Gasteiger partial charge in [0.1, 0.15) is 36.0 Å². The van der Waals surface area contributed by atoms with Crippen LogP contribution in [0.5, 0.6) is 5.75 Å². The highest BCUT2D eigenvalue weighted by Gasteiger charge is 2.15. The van der Waals surface area contributed by atoms with Crippen molar-refractivity contribution in [2.75, 3.05) is 17.7 Å². The Kier molecular flexibility index (Phi) is 13.3. The zero-order chi connectivity index (χ0) is 31.9. The third kappa shape index (κ3) is 9.93. The highest BCUT2D eigenvalue weighted by atomic mass is 19.1. The minimum Gasteiger partial charge on any atom is -0.495 e. The Bertz CT molecular complexity index is 1600. The summed E-state index contributed by atoms with van der Waals surface area (Å²) in [6.45, 7) is 11.3. The summed E-state index contributed by atoms with van der Waals surface area (Å²) in [5.74, 6) is 0.341. The fraction of sp³-hybridized carbons (Fsp3) is 0.176. The first-order valence-corrected chi connectivity index (χ1v) is 13.3. The van der Waals surface area contributed by atoms with E-state index in [0.29, 0.717) is 11.5 Å². The van der Waals surface area contributed by atoms with Crippen molar-refractivity contribution in [3.63, 3.8) is 0 Å². The summed E-state index contributed by atoms with van der Waals surface area (Å²) in [4.78, 5) is 34.1. The fourth-order valence-corrected chi connectivity index (χ4v) is 4.01. The summed E-state index contributed by atoms with van der Waals surface area (Å²) in [5.41, 5.74) is 6.08. The van der Waals surface area contributed by atoms with Crippen molar-refractivity contribution in [2.45, 2.75) is 26.7 Å². The first kappa shape index (κ1) is 33.9. The molecule has 1 amide bonds. The molecule has 4 rings (SSSR count). The van der Waals surface area contributed by atoms with Crippen molar-refractivity contribution < 1.29 is 23.5 Å². The fourth-order valence-electron chi connectivity index (χ4n) is 4.01. The number of hydrogen-bond donors (Lipinski definition) is 2. The molecule has 1 aromatic heterocycles. The van der Waals surface area contributed by atoms with E-state index >= 15 is 0 Å². The van der Waals surface area contributed by atoms with E-state index in [-0.39, 0.29) is 11.7 Å². The number of amides is 1. The molecule has 0 saturated heterocycles. The predicted molar refractivity (Wildman–Crippen MR) is 169 cm³/mol. The zero-order valence-electron chi connectivity index (χ0n) is 25.1. The van der Waals surface area contributed by atoms with E-state index in [9.17, 15) is 9.18 Å². The highest BCUT2D eigenvalue weighted by molar-refractivity contribution is 5.95. The Hall–Kier alpha value is -5.31. The molecule has 0 fully saturated rings. The standard InChI is InChI=1S/C31H31FN4O2.C2H4O.CH2O/c1-20-6-16-28(29(18-20)38-5)33-22(3)34-30-17-11-25(19-36(30)4)24-9-14-27(15-10-24)35-31(37)21(2)23-7-12-26(32)13-8-23;1-2-3;1-2/h6-19,21,33H,3H2,1-2,4-5H3,(H,35,37);2H,1H3;1H2/b34-30-;;. The molecule has 9 heteroatoms. The Morgan fingerprint density at radius 3 is 2.16 bits per heavy atom. The van der Waals surface area contributed by atoms with Crippen LogP contribution in [0.4, 0.5) is 15.8 Å². The van der Waals surface area contributed by atoms with Crippen LogP contribution in [0, 0.1) is 12.7 Å². The summed E-state index contributed by atoms with van der Waals surface area (Å²) in [5, 5.41) is 6.13. The Labute approximate surface area is 251 Å². The van der Waals surface area contributed by atoms with Crippen molar-refractivity contribution in [2.24, 2.45) is 12.0 Å². The maximum absolute atomic E-state index is 13.2. The summed E-state index contributed by atoms with van der Waals surface area (Å²) >= 11 is 0. The number of benzene rings is 3. The van der Waals surface area contributed by atoms with E-state index in [1.807, 2.05) is 86.1 Å². The number of aromatic nitrogens is 1. The monoisotopic (exact) mass is 584 g/mol. The van der Waals surface area contributed by atoms with Gasteiger partial charge < -0.3 is 29.5 Å². The second-order valence-corrected chi connectivity index (χ2v) is 9.35. The first-order chi connectivity index (χ1) is 20.6. The second-order valence-electron chi connectivity index (χ2n) is 9.35. The lowest BCUT2D eigenvalue weighted by molar-refractivity contribution is -0.117. The van der Waals surface area contributed by atoms with Crippen LogP contribution in [-0.2, 0) is 21.4 Å². The normalized spacial score (nSPS) is 11.1. The van der Waals surface area contributed by atoms with Gasteiger partial charge in [-0.25, -0.2) is 9.38 Å². The molecule has 1 heterocycles. The smallest absolute Gasteiger partial charge is 0.231 e. The highest BCUT2D eigenvalue weighted by Crippen LogP contribution is 2.26. The van der Waals surface area contributed by atoms with Crippen LogP contribution in [0.3, 0.4) is 0 Å². The summed E-state index contributed by atoms with van der Waals surface area (Å²) in [6, 6.07) is 23.4. The van der Waals surface area contributed by atoms with Gasteiger partial charge >= 0.3 is 0 Å². The molecule has 1 atom stereocenters. The molecule has 0 aliphatic heterocycles. The number of ether oxygens (including phenoxy) is 1. The molecule has 0 saturated carbocycles. The lowest BCUT2D eigenvalue weighted by atomic mass is 10.00. The Balaban J connectivity index is 0.00000121. The van der Waals surface area contributed by atoms with Gasteiger partial charge in [-0.1, -0.05) is 36.9 Å². The molecule has 43 heavy (non-hydrogen) atoms. The van der Waals surface area contributed by atoms with Gasteiger partial charge in [-0.2, -0.15) is 0 Å². The largest absolute Gasteiger partial charge is 0.495 e. The number of nitrogens with one attached hydrogen (secondary N) is 2. The van der Waals surface area contributed by atoms with E-state index in [0.717, 1.165) is 45.5 Å². The number of carbonyl (C=O) groups excluding carboxylic acids is 3. The summed E-state index contributed by atoms with van der Waals surface area (Å²) in [7, 11) is 3.56. The molecule has 224 valence electrons. The third-order valence-corrected chi connectivity index (χ3v) is 6.24. The number of methoxy groups -OCH3 is 1. The van der Waals surface area contributed by atoms with Gasteiger partial charge in [0.05, 0.1) is 18.7 Å². The summed E-state index contributed by atoms with van der Waals surface area (Å²) < 4.78 is 20.5. The van der Waals surface area contributed by atoms with Crippen LogP contribution < -0.4 is 20.9 Å². The Morgan fingerprint density at radius 2 is 1.58 bits per heavy atom. The molecule has 0 spiro atoms. The third-order valence-electron chi connectivity index (χ3n) is 6.24. The minimum absolute atomic E-state index is 0.154. The predicted octanol–water partition coefficient (Wildman–Crippen LogP) is 6.39. The molecule has 0 radical (unpaired) electrons. The van der Waals surface area contributed by atoms with Crippen LogP contribution in [0.2, 0.25) is 0 Å². The lowest BCUT2D eigenvalue weighted by Gasteiger charge is -2.13. The van der Waals surface area contributed by atoms with E-state index in [1.54, 1.807) is 26.2 Å². The molecule has 0 aliphatic rings. The molecule has 0 bridgehead atoms. The molecular weight excluding hydrogens is 547 g/mol. The molecule has 3 aromatic carbocycles. The average Bonchev–Trinajstić information content (AvgIpc) is 3.01. The number of rotatable bonds is 8. The van der Waals surface area contributed by atoms with Crippen molar-refractivity contribution in [3.05, 3.63) is 120 Å². The van der Waals surface area contributed by atoms with Crippen molar-refractivity contribution in [1.82, 2.24) is 4.57 Å². The SMILES string of the molecule is C=C(/N=c1/ccc(-c2ccc(NC(=O)C(C)c3ccc(F)cc3)cc2)cn1C)Nc1ccc(C)cc1OC.C=O.CC=O. The van der Waals surface area contributed by atoms with Crippen LogP contribution >= 0.6 is 0 Å². The van der Waals surface area contributed by atoms with Crippen LogP contribution in [-0.4, -0.2) is 30.7 Å². The lowest BCUT2D eigenvalue weighted by Crippen LogP contribution is -2.19. The van der Waals surface area contributed by atoms with Gasteiger partial charge in [-0.05, 0) is 91.6 Å². The topological polar surface area (TPSA) is 102 Å². The van der Waals surface area contributed by atoms with Crippen LogP contribution in [0.25, 0.3) is 11.1 Å². The maximum Gasteiger partial charge on any atom is 0.231 e. The average molecular weight is 585 g/mol.